The van der Waals surface area contributed by atoms with Crippen molar-refractivity contribution in [3.63, 3.8) is 0 Å². The number of carbonyl (C=O) groups is 2. The van der Waals surface area contributed by atoms with Crippen LogP contribution in [-0.4, -0.2) is 34.0 Å². The summed E-state index contributed by atoms with van der Waals surface area (Å²) in [7, 11) is 0. The first kappa shape index (κ1) is 14.3. The Balaban J connectivity index is 4.37. The fourth-order valence-electron chi connectivity index (χ4n) is 1.20. The molecule has 0 amide bonds. The minimum absolute atomic E-state index is 0.105. The lowest BCUT2D eigenvalue weighted by Crippen LogP contribution is -2.41. The number of hydrogen-bond donors (Lipinski definition) is 2. The monoisotopic (exact) mass is 216 g/mol. The molecule has 0 aromatic rings. The quantitative estimate of drug-likeness (QED) is 0.680. The van der Waals surface area contributed by atoms with Crippen molar-refractivity contribution in [2.45, 2.75) is 46.3 Å². The van der Waals surface area contributed by atoms with Crippen molar-refractivity contribution in [2.24, 2.45) is 11.8 Å². The van der Waals surface area contributed by atoms with Gasteiger partial charge in [0.25, 0.3) is 0 Å². The predicted octanol–water partition coefficient (Wildman–Crippen LogP) is 0.548. The van der Waals surface area contributed by atoms with Crippen molar-refractivity contribution in [1.82, 2.24) is 0 Å². The standard InChI is InChI=1S/C11H20O4/c1-6(2)5-8(12)10(14)11(15)9(13)7(3)4/h6-7,10-11,14-15H,5H2,1-4H3. The minimum atomic E-state index is -1.59. The number of aliphatic hydroxyl groups is 2. The third kappa shape index (κ3) is 4.53. The van der Waals surface area contributed by atoms with Gasteiger partial charge in [-0.15, -0.1) is 0 Å². The predicted molar refractivity (Wildman–Crippen MR) is 56.3 cm³/mol. The molecule has 2 N–H and O–H groups in total. The van der Waals surface area contributed by atoms with E-state index < -0.39 is 23.8 Å². The average molecular weight is 216 g/mol. The number of aliphatic hydroxyl groups excluding tert-OH is 2. The molecule has 0 aliphatic rings. The van der Waals surface area contributed by atoms with Gasteiger partial charge in [0.15, 0.2) is 11.6 Å². The molecule has 0 saturated carbocycles. The van der Waals surface area contributed by atoms with Crippen LogP contribution in [0.25, 0.3) is 0 Å². The Labute approximate surface area is 90.3 Å². The van der Waals surface area contributed by atoms with E-state index in [2.05, 4.69) is 0 Å². The van der Waals surface area contributed by atoms with Gasteiger partial charge in [-0.1, -0.05) is 27.7 Å². The van der Waals surface area contributed by atoms with Gasteiger partial charge in [0.1, 0.15) is 12.2 Å². The first-order valence-electron chi connectivity index (χ1n) is 5.20. The molecule has 88 valence electrons. The lowest BCUT2D eigenvalue weighted by atomic mass is 9.94. The van der Waals surface area contributed by atoms with Crippen LogP contribution >= 0.6 is 0 Å². The molecule has 0 heterocycles. The summed E-state index contributed by atoms with van der Waals surface area (Å²) in [5.74, 6) is -1.26. The fourth-order valence-corrected chi connectivity index (χ4v) is 1.20. The highest BCUT2D eigenvalue weighted by atomic mass is 16.3. The van der Waals surface area contributed by atoms with E-state index in [1.54, 1.807) is 13.8 Å². The Kier molecular flexibility index (Phi) is 5.68. The van der Waals surface area contributed by atoms with Crippen LogP contribution in [0.3, 0.4) is 0 Å². The Morgan fingerprint density at radius 2 is 1.47 bits per heavy atom. The molecule has 0 rings (SSSR count). The maximum absolute atomic E-state index is 11.4. The summed E-state index contributed by atoms with van der Waals surface area (Å²) in [6, 6.07) is 0. The third-order valence-electron chi connectivity index (χ3n) is 2.10. The van der Waals surface area contributed by atoms with Crippen LogP contribution < -0.4 is 0 Å². The van der Waals surface area contributed by atoms with Crippen LogP contribution in [0.5, 0.6) is 0 Å². The van der Waals surface area contributed by atoms with E-state index in [1.165, 1.54) is 0 Å². The second-order valence-corrected chi connectivity index (χ2v) is 4.51. The lowest BCUT2D eigenvalue weighted by molar-refractivity contribution is -0.145. The molecule has 4 heteroatoms. The van der Waals surface area contributed by atoms with Gasteiger partial charge >= 0.3 is 0 Å². The lowest BCUT2D eigenvalue weighted by Gasteiger charge is -2.18. The van der Waals surface area contributed by atoms with Crippen molar-refractivity contribution in [3.05, 3.63) is 0 Å². The molecule has 0 aromatic carbocycles. The van der Waals surface area contributed by atoms with E-state index in [4.69, 9.17) is 0 Å². The molecule has 0 aliphatic carbocycles. The Hall–Kier alpha value is -0.740. The van der Waals surface area contributed by atoms with Crippen LogP contribution in [0.1, 0.15) is 34.1 Å². The highest BCUT2D eigenvalue weighted by Crippen LogP contribution is 2.09. The van der Waals surface area contributed by atoms with Gasteiger partial charge < -0.3 is 10.2 Å². The molecule has 2 atom stereocenters. The SMILES string of the molecule is CC(C)CC(=O)C(O)C(O)C(=O)C(C)C. The molecule has 15 heavy (non-hydrogen) atoms. The third-order valence-corrected chi connectivity index (χ3v) is 2.10. The molecule has 0 radical (unpaired) electrons. The van der Waals surface area contributed by atoms with Gasteiger partial charge in [0.2, 0.25) is 0 Å². The van der Waals surface area contributed by atoms with Crippen LogP contribution in [0.2, 0.25) is 0 Å². The molecule has 0 aromatic heterocycles. The van der Waals surface area contributed by atoms with E-state index in [0.717, 1.165) is 0 Å². The van der Waals surface area contributed by atoms with Crippen molar-refractivity contribution in [3.8, 4) is 0 Å². The van der Waals surface area contributed by atoms with Crippen LogP contribution in [0.15, 0.2) is 0 Å². The van der Waals surface area contributed by atoms with E-state index in [9.17, 15) is 19.8 Å². The second-order valence-electron chi connectivity index (χ2n) is 4.51. The first-order chi connectivity index (χ1) is 6.77. The summed E-state index contributed by atoms with van der Waals surface area (Å²) >= 11 is 0. The molecule has 0 bridgehead atoms. The van der Waals surface area contributed by atoms with Gasteiger partial charge in [-0.3, -0.25) is 9.59 Å². The summed E-state index contributed by atoms with van der Waals surface area (Å²) in [5, 5.41) is 18.9. The summed E-state index contributed by atoms with van der Waals surface area (Å²) in [6.07, 6.45) is -3.00. The minimum Gasteiger partial charge on any atom is -0.382 e. The zero-order chi connectivity index (χ0) is 12.2. The second kappa shape index (κ2) is 5.98. The number of ketones is 2. The largest absolute Gasteiger partial charge is 0.382 e. The zero-order valence-electron chi connectivity index (χ0n) is 9.73. The first-order valence-corrected chi connectivity index (χ1v) is 5.20. The maximum atomic E-state index is 11.4. The van der Waals surface area contributed by atoms with Crippen LogP contribution in [0.4, 0.5) is 0 Å². The number of carbonyl (C=O) groups excluding carboxylic acids is 2. The molecule has 2 unspecified atom stereocenters. The molecular formula is C11H20O4. The number of rotatable bonds is 6. The van der Waals surface area contributed by atoms with Gasteiger partial charge in [0.05, 0.1) is 0 Å². The number of hydrogen-bond acceptors (Lipinski definition) is 4. The van der Waals surface area contributed by atoms with Crippen molar-refractivity contribution < 1.29 is 19.8 Å². The summed E-state index contributed by atoms with van der Waals surface area (Å²) in [5.41, 5.74) is 0. The van der Waals surface area contributed by atoms with Gasteiger partial charge in [0, 0.05) is 12.3 Å². The number of Topliss-reactive ketones (excluding diaryl/α,β-unsaturated/α-hetero) is 2. The van der Waals surface area contributed by atoms with Gasteiger partial charge in [-0.25, -0.2) is 0 Å². The molecule has 0 spiro atoms. The smallest absolute Gasteiger partial charge is 0.166 e. The molecule has 0 saturated heterocycles. The molecule has 0 aliphatic heterocycles. The Morgan fingerprint density at radius 3 is 1.80 bits per heavy atom. The molecule has 0 fully saturated rings. The van der Waals surface area contributed by atoms with Crippen LogP contribution in [-0.2, 0) is 9.59 Å². The van der Waals surface area contributed by atoms with E-state index >= 15 is 0 Å². The average Bonchev–Trinajstić information content (AvgIpc) is 2.13. The van der Waals surface area contributed by atoms with Gasteiger partial charge in [-0.2, -0.15) is 0 Å². The zero-order valence-corrected chi connectivity index (χ0v) is 9.73. The summed E-state index contributed by atoms with van der Waals surface area (Å²) < 4.78 is 0. The topological polar surface area (TPSA) is 74.6 Å². The maximum Gasteiger partial charge on any atom is 0.166 e. The highest BCUT2D eigenvalue weighted by molar-refractivity contribution is 5.93. The Bertz CT molecular complexity index is 233. The highest BCUT2D eigenvalue weighted by Gasteiger charge is 2.31. The van der Waals surface area contributed by atoms with Crippen molar-refractivity contribution in [2.75, 3.05) is 0 Å². The fraction of sp³-hybridized carbons (Fsp3) is 0.818. The Morgan fingerprint density at radius 1 is 1.00 bits per heavy atom. The van der Waals surface area contributed by atoms with E-state index in [0.29, 0.717) is 0 Å². The van der Waals surface area contributed by atoms with E-state index in [-0.39, 0.29) is 18.3 Å². The molecule has 4 nitrogen and oxygen atoms in total. The van der Waals surface area contributed by atoms with Gasteiger partial charge in [-0.05, 0) is 5.92 Å². The molecular weight excluding hydrogens is 196 g/mol. The van der Waals surface area contributed by atoms with Crippen molar-refractivity contribution >= 4 is 11.6 Å². The van der Waals surface area contributed by atoms with E-state index in [1.807, 2.05) is 13.8 Å². The van der Waals surface area contributed by atoms with Crippen LogP contribution in [0, 0.1) is 11.8 Å². The normalized spacial score (nSPS) is 15.5. The summed E-state index contributed by atoms with van der Waals surface area (Å²) in [6.45, 7) is 6.90. The summed E-state index contributed by atoms with van der Waals surface area (Å²) in [4.78, 5) is 22.7. The van der Waals surface area contributed by atoms with Crippen molar-refractivity contribution in [1.29, 1.82) is 0 Å².